The van der Waals surface area contributed by atoms with Gasteiger partial charge in [0.1, 0.15) is 0 Å². The Kier molecular flexibility index (Phi) is 3.67. The second kappa shape index (κ2) is 5.47. The molecule has 2 unspecified atom stereocenters. The minimum absolute atomic E-state index is 0.0203. The summed E-state index contributed by atoms with van der Waals surface area (Å²) in [5.74, 6) is -1.04. The fourth-order valence-corrected chi connectivity index (χ4v) is 5.82. The van der Waals surface area contributed by atoms with Crippen LogP contribution in [0, 0.1) is 5.92 Å². The number of alkyl halides is 2. The minimum atomic E-state index is -0.888. The van der Waals surface area contributed by atoms with Crippen LogP contribution in [-0.2, 0) is 14.3 Å². The quantitative estimate of drug-likeness (QED) is 0.391. The number of carbonyl (C=O) groups excluding carboxylic acids is 1. The third kappa shape index (κ3) is 2.39. The third-order valence-electron chi connectivity index (χ3n) is 5.10. The summed E-state index contributed by atoms with van der Waals surface area (Å²) < 4.78 is 7.40. The van der Waals surface area contributed by atoms with Crippen LogP contribution >= 0.6 is 0 Å². The molecule has 4 atom stereocenters. The number of piperazine rings is 1. The number of ether oxygens (including phenoxy) is 1. The predicted octanol–water partition coefficient (Wildman–Crippen LogP) is -2.39. The zero-order valence-electron chi connectivity index (χ0n) is 13.2. The molecule has 126 valence electrons. The molecule has 0 saturated carbocycles. The van der Waals surface area contributed by atoms with Gasteiger partial charge in [-0.15, -0.1) is 0 Å². The van der Waals surface area contributed by atoms with Crippen LogP contribution < -0.4 is 21.2 Å². The normalized spacial score (nSPS) is 36.8. The predicted molar refractivity (Wildman–Crippen MR) is 77.9 cm³/mol. The number of carbonyl (C=O) groups is 2. The van der Waals surface area contributed by atoms with Crippen molar-refractivity contribution < 1.29 is 40.6 Å². The third-order valence-corrected chi connectivity index (χ3v) is 7.54. The molecule has 4 aliphatic heterocycles. The van der Waals surface area contributed by atoms with Crippen LogP contribution in [0.3, 0.4) is 0 Å². The number of fused-ring (bicyclic) bond motifs is 2. The zero-order valence-corrected chi connectivity index (χ0v) is 15.3. The molecule has 0 aromatic carbocycles. The second-order valence-corrected chi connectivity index (χ2v) is 9.78. The van der Waals surface area contributed by atoms with Gasteiger partial charge in [-0.2, -0.15) is 0 Å². The standard InChI is InChI=1S/C16H20IN2O4/c1-8-3-4-23-12-7-18-6-10(16(21)22)9(2)13(11-5-17-11)14(18)15(20)19(8)12/h6,8-9,11-12H,3-5,7H2,1-2H3,(H,21,22)/q-1/t8-,9?,11?,12+/m1/s1. The summed E-state index contributed by atoms with van der Waals surface area (Å²) in [5, 5.41) is 9.52. The van der Waals surface area contributed by atoms with E-state index in [1.165, 1.54) is 0 Å². The van der Waals surface area contributed by atoms with E-state index < -0.39 is 5.97 Å². The summed E-state index contributed by atoms with van der Waals surface area (Å²) in [6.07, 6.45) is 2.24. The Morgan fingerprint density at radius 1 is 1.43 bits per heavy atom. The van der Waals surface area contributed by atoms with Crippen LogP contribution in [0.2, 0.25) is 0 Å². The van der Waals surface area contributed by atoms with E-state index in [-0.39, 0.29) is 45.3 Å². The van der Waals surface area contributed by atoms with Crippen molar-refractivity contribution in [3.05, 3.63) is 23.0 Å². The number of rotatable bonds is 2. The molecule has 0 radical (unpaired) electrons. The van der Waals surface area contributed by atoms with Gasteiger partial charge in [-0.1, -0.05) is 0 Å². The summed E-state index contributed by atoms with van der Waals surface area (Å²) in [6.45, 7) is 5.17. The molecule has 4 aliphatic rings. The molecule has 0 aliphatic carbocycles. The van der Waals surface area contributed by atoms with Crippen molar-refractivity contribution in [2.75, 3.05) is 17.6 Å². The first-order valence-electron chi connectivity index (χ1n) is 7.96. The summed E-state index contributed by atoms with van der Waals surface area (Å²) in [5.41, 5.74) is 2.20. The van der Waals surface area contributed by atoms with Crippen LogP contribution in [0.15, 0.2) is 23.0 Å². The number of aliphatic carboxylic acids is 1. The van der Waals surface area contributed by atoms with Gasteiger partial charge < -0.3 is 0 Å². The van der Waals surface area contributed by atoms with Crippen LogP contribution in [0.25, 0.3) is 0 Å². The van der Waals surface area contributed by atoms with E-state index in [2.05, 4.69) is 6.92 Å². The molecule has 0 spiro atoms. The SMILES string of the molecule is CC1C(C(=O)O)=CN2C[C@@H]3OCC[C@@H](C)N3C(=O)C2=C1C1C[I-]1. The Morgan fingerprint density at radius 3 is 2.83 bits per heavy atom. The van der Waals surface area contributed by atoms with E-state index >= 15 is 0 Å². The molecule has 0 bridgehead atoms. The molecule has 1 N–H and O–H groups in total. The topological polar surface area (TPSA) is 70.1 Å². The summed E-state index contributed by atoms with van der Waals surface area (Å²) in [6, 6.07) is 0.172. The number of carboxylic acids is 1. The van der Waals surface area contributed by atoms with Crippen molar-refractivity contribution in [3.63, 3.8) is 0 Å². The molecule has 4 heterocycles. The van der Waals surface area contributed by atoms with E-state index in [9.17, 15) is 14.7 Å². The molecular formula is C16H20IN2O4-. The fraction of sp³-hybridized carbons (Fsp3) is 0.625. The summed E-state index contributed by atoms with van der Waals surface area (Å²) >= 11 is 0.0909. The average molecular weight is 431 g/mol. The van der Waals surface area contributed by atoms with E-state index in [4.69, 9.17) is 4.74 Å². The maximum absolute atomic E-state index is 13.2. The van der Waals surface area contributed by atoms with E-state index in [0.717, 1.165) is 22.1 Å². The second-order valence-electron chi connectivity index (χ2n) is 6.52. The average Bonchev–Trinajstić information content (AvgIpc) is 3.31. The van der Waals surface area contributed by atoms with Gasteiger partial charge in [-0.3, -0.25) is 0 Å². The van der Waals surface area contributed by atoms with Gasteiger partial charge in [0.2, 0.25) is 0 Å². The van der Waals surface area contributed by atoms with Crippen molar-refractivity contribution in [1.29, 1.82) is 0 Å². The molecule has 3 fully saturated rings. The van der Waals surface area contributed by atoms with Gasteiger partial charge in [0, 0.05) is 0 Å². The number of nitrogens with zero attached hydrogens (tertiary/aromatic N) is 2. The Labute approximate surface area is 145 Å². The van der Waals surface area contributed by atoms with Gasteiger partial charge in [0.05, 0.1) is 0 Å². The Balaban J connectivity index is 1.79. The Bertz CT molecular complexity index is 640. The summed E-state index contributed by atoms with van der Waals surface area (Å²) in [4.78, 5) is 28.5. The number of carboxylic acid groups (broad SMARTS) is 1. The van der Waals surface area contributed by atoms with Gasteiger partial charge >= 0.3 is 145 Å². The number of halogens is 1. The molecule has 0 aromatic rings. The molecular weight excluding hydrogens is 411 g/mol. The molecule has 6 nitrogen and oxygen atoms in total. The first-order chi connectivity index (χ1) is 11.0. The monoisotopic (exact) mass is 431 g/mol. The zero-order chi connectivity index (χ0) is 16.3. The number of hydrogen-bond acceptors (Lipinski definition) is 4. The van der Waals surface area contributed by atoms with Gasteiger partial charge in [-0.25, -0.2) is 0 Å². The Hall–Kier alpha value is -1.09. The van der Waals surface area contributed by atoms with Crippen molar-refractivity contribution in [3.8, 4) is 0 Å². The maximum atomic E-state index is 13.2. The van der Waals surface area contributed by atoms with Crippen LogP contribution in [0.4, 0.5) is 0 Å². The van der Waals surface area contributed by atoms with Crippen molar-refractivity contribution in [1.82, 2.24) is 9.80 Å². The van der Waals surface area contributed by atoms with Gasteiger partial charge in [0.25, 0.3) is 0 Å². The molecule has 1 amide bonds. The molecule has 0 aromatic heterocycles. The molecule has 23 heavy (non-hydrogen) atoms. The van der Waals surface area contributed by atoms with Crippen molar-refractivity contribution in [2.45, 2.75) is 36.5 Å². The Morgan fingerprint density at radius 2 is 2.17 bits per heavy atom. The van der Waals surface area contributed by atoms with Crippen molar-refractivity contribution in [2.24, 2.45) is 5.92 Å². The van der Waals surface area contributed by atoms with Gasteiger partial charge in [-0.05, 0) is 0 Å². The first-order valence-corrected chi connectivity index (χ1v) is 10.7. The van der Waals surface area contributed by atoms with Crippen molar-refractivity contribution >= 4 is 11.9 Å². The van der Waals surface area contributed by atoms with E-state index in [1.807, 2.05) is 16.7 Å². The first kappa shape index (κ1) is 15.4. The van der Waals surface area contributed by atoms with Crippen LogP contribution in [0.1, 0.15) is 20.3 Å². The number of amides is 1. The molecule has 3 saturated heterocycles. The van der Waals surface area contributed by atoms with Crippen LogP contribution in [-0.4, -0.2) is 60.6 Å². The molecule has 4 rings (SSSR count). The van der Waals surface area contributed by atoms with E-state index in [0.29, 0.717) is 22.6 Å². The van der Waals surface area contributed by atoms with Gasteiger partial charge in [0.15, 0.2) is 0 Å². The van der Waals surface area contributed by atoms with Crippen LogP contribution in [0.5, 0.6) is 0 Å². The summed E-state index contributed by atoms with van der Waals surface area (Å²) in [7, 11) is 0. The fourth-order valence-electron chi connectivity index (χ4n) is 3.78. The van der Waals surface area contributed by atoms with E-state index in [1.54, 1.807) is 6.20 Å². The number of hydrogen-bond donors (Lipinski definition) is 1. The number of allylic oxidation sites excluding steroid dienone is 1. The molecule has 7 heteroatoms.